The first-order valence-electron chi connectivity index (χ1n) is 14.5. The van der Waals surface area contributed by atoms with Crippen molar-refractivity contribution in [3.05, 3.63) is 65.4 Å². The van der Waals surface area contributed by atoms with E-state index in [2.05, 4.69) is 5.10 Å². The number of carbonyl (C=O) groups is 3. The van der Waals surface area contributed by atoms with Crippen LogP contribution in [0.3, 0.4) is 0 Å². The molecule has 0 aliphatic carbocycles. The van der Waals surface area contributed by atoms with E-state index < -0.39 is 84.1 Å². The Morgan fingerprint density at radius 1 is 1.06 bits per heavy atom. The van der Waals surface area contributed by atoms with Crippen LogP contribution in [0.4, 0.5) is 11.4 Å². The Hall–Kier alpha value is -4.14. The van der Waals surface area contributed by atoms with E-state index in [-0.39, 0.29) is 30.5 Å². The quantitative estimate of drug-likeness (QED) is 0.620. The molecule has 174 valence electrons. The lowest BCUT2D eigenvalue weighted by Crippen LogP contribution is -2.39. The summed E-state index contributed by atoms with van der Waals surface area (Å²) in [5.41, 5.74) is 3.31. The third kappa shape index (κ3) is 3.68. The lowest BCUT2D eigenvalue weighted by molar-refractivity contribution is -0.119. The number of nitrogens with two attached hydrogens (primary N) is 1. The highest BCUT2D eigenvalue weighted by atomic mass is 16.5. The molecule has 2 aliphatic heterocycles. The van der Waals surface area contributed by atoms with E-state index in [4.69, 9.17) is 21.4 Å². The van der Waals surface area contributed by atoms with Crippen molar-refractivity contribution < 1.29 is 30.1 Å². The fraction of sp³-hybridized carbons (Fsp3) is 0.280. The average Bonchev–Trinajstić information content (AvgIpc) is 3.35. The van der Waals surface area contributed by atoms with Crippen LogP contribution in [0, 0.1) is 0 Å². The van der Waals surface area contributed by atoms with Crippen molar-refractivity contribution in [2.45, 2.75) is 25.6 Å². The SMILES string of the molecule is [2H]c1c([2H])c(N2C(=O)CCCC2([2H])[2H])c([2H])c([2H])c1N1CC([2H])([2H])c2c(C(N)=O)nn(-c3ccc(OC)cc3)c2C1=O. The molecule has 0 bridgehead atoms. The predicted molar refractivity (Wildman–Crippen MR) is 127 cm³/mol. The number of primary amides is 1. The molecule has 34 heavy (non-hydrogen) atoms. The largest absolute Gasteiger partial charge is 0.497 e. The van der Waals surface area contributed by atoms with Crippen LogP contribution >= 0.6 is 0 Å². The molecule has 0 unspecified atom stereocenters. The highest BCUT2D eigenvalue weighted by molar-refractivity contribution is 6.09. The maximum Gasteiger partial charge on any atom is 0.277 e. The third-order valence-electron chi connectivity index (χ3n) is 5.48. The first-order valence-corrected chi connectivity index (χ1v) is 10.5. The van der Waals surface area contributed by atoms with E-state index >= 15 is 0 Å². The van der Waals surface area contributed by atoms with Gasteiger partial charge in [-0.15, -0.1) is 0 Å². The number of methoxy groups -OCH3 is 1. The van der Waals surface area contributed by atoms with Crippen LogP contribution in [0.5, 0.6) is 5.75 Å². The fourth-order valence-electron chi connectivity index (χ4n) is 3.78. The van der Waals surface area contributed by atoms with Gasteiger partial charge in [-0.3, -0.25) is 14.4 Å². The number of amides is 3. The van der Waals surface area contributed by atoms with Crippen molar-refractivity contribution in [1.29, 1.82) is 0 Å². The molecule has 2 aliphatic rings. The number of hydrogen-bond acceptors (Lipinski definition) is 5. The summed E-state index contributed by atoms with van der Waals surface area (Å²) in [5.74, 6) is -2.30. The summed E-state index contributed by atoms with van der Waals surface area (Å²) in [5, 5.41) is 4.13. The Kier molecular flexibility index (Phi) is 3.62. The first-order chi connectivity index (χ1) is 19.6. The summed E-state index contributed by atoms with van der Waals surface area (Å²) >= 11 is 0. The van der Waals surface area contributed by atoms with Crippen molar-refractivity contribution in [3.63, 3.8) is 0 Å². The number of fused-ring (bicyclic) bond motifs is 1. The Labute approximate surface area is 207 Å². The number of benzene rings is 2. The van der Waals surface area contributed by atoms with E-state index in [0.29, 0.717) is 10.6 Å². The molecule has 3 aromatic rings. The Balaban J connectivity index is 1.72. The second kappa shape index (κ2) is 8.66. The average molecular weight is 468 g/mol. The molecule has 0 spiro atoms. The Bertz CT molecular complexity index is 1630. The number of hydrogen-bond donors (Lipinski definition) is 1. The fourth-order valence-corrected chi connectivity index (χ4v) is 3.78. The normalized spacial score (nSPS) is 22.3. The molecular formula is C25H25N5O4. The molecule has 0 radical (unpaired) electrons. The van der Waals surface area contributed by atoms with Gasteiger partial charge in [0.25, 0.3) is 11.8 Å². The number of carbonyl (C=O) groups excluding carboxylic acids is 3. The molecule has 2 N–H and O–H groups in total. The van der Waals surface area contributed by atoms with Gasteiger partial charge in [0.1, 0.15) is 11.4 Å². The number of aromatic nitrogens is 2. The third-order valence-corrected chi connectivity index (χ3v) is 5.48. The Morgan fingerprint density at radius 3 is 2.35 bits per heavy atom. The van der Waals surface area contributed by atoms with E-state index in [1.807, 2.05) is 0 Å². The summed E-state index contributed by atoms with van der Waals surface area (Å²) in [4.78, 5) is 40.4. The van der Waals surface area contributed by atoms with Crippen molar-refractivity contribution in [3.8, 4) is 11.4 Å². The van der Waals surface area contributed by atoms with Crippen molar-refractivity contribution in [2.75, 3.05) is 30.0 Å². The molecule has 0 saturated carbocycles. The van der Waals surface area contributed by atoms with Gasteiger partial charge in [-0.05, 0) is 67.6 Å². The standard InChI is InChI=1S/C25H25N5O4/c1-34-19-11-9-18(10-12-19)30-23-20(22(27-30)24(26)32)13-15-29(25(23)33)17-7-5-16(6-8-17)28-14-3-2-4-21(28)31/h5-12H,2-4,13-15H2,1H3,(H2,26,32)/i5D,6D,7D,8D,13D2,14D2. The lowest BCUT2D eigenvalue weighted by Gasteiger charge is -2.29. The van der Waals surface area contributed by atoms with Crippen molar-refractivity contribution in [1.82, 2.24) is 9.78 Å². The summed E-state index contributed by atoms with van der Waals surface area (Å²) in [7, 11) is 1.45. The van der Waals surface area contributed by atoms with Crippen molar-refractivity contribution in [2.24, 2.45) is 5.73 Å². The minimum atomic E-state index is -2.49. The Morgan fingerprint density at radius 2 is 1.74 bits per heavy atom. The molecule has 3 heterocycles. The van der Waals surface area contributed by atoms with Gasteiger partial charge in [0.05, 0.1) is 18.3 Å². The number of anilines is 2. The highest BCUT2D eigenvalue weighted by Crippen LogP contribution is 2.31. The molecule has 0 atom stereocenters. The van der Waals surface area contributed by atoms with Crippen LogP contribution in [0.25, 0.3) is 5.69 Å². The zero-order valence-electron chi connectivity index (χ0n) is 26.1. The molecular weight excluding hydrogens is 434 g/mol. The first kappa shape index (κ1) is 14.2. The summed E-state index contributed by atoms with van der Waals surface area (Å²) in [6.07, 6.45) is -2.37. The maximum atomic E-state index is 14.0. The molecule has 9 heteroatoms. The number of nitrogens with zero attached hydrogens (tertiary/aromatic N) is 4. The van der Waals surface area contributed by atoms with Crippen LogP contribution in [0.1, 0.15) is 56.8 Å². The van der Waals surface area contributed by atoms with Crippen LogP contribution in [0.2, 0.25) is 0 Å². The van der Waals surface area contributed by atoms with Crippen LogP contribution in [-0.2, 0) is 11.2 Å². The highest BCUT2D eigenvalue weighted by Gasteiger charge is 2.34. The molecule has 5 rings (SSSR count). The van der Waals surface area contributed by atoms with Crippen LogP contribution in [0.15, 0.2) is 48.4 Å². The van der Waals surface area contributed by atoms with Gasteiger partial charge in [0.2, 0.25) is 5.91 Å². The van der Waals surface area contributed by atoms with Gasteiger partial charge in [0.15, 0.2) is 5.69 Å². The van der Waals surface area contributed by atoms with E-state index in [9.17, 15) is 14.4 Å². The zero-order chi connectivity index (χ0) is 30.9. The van der Waals surface area contributed by atoms with Gasteiger partial charge in [-0.2, -0.15) is 5.10 Å². The number of rotatable bonds is 5. The summed E-state index contributed by atoms with van der Waals surface area (Å²) < 4.78 is 74.8. The van der Waals surface area contributed by atoms with E-state index in [0.717, 1.165) is 9.58 Å². The number of piperidine rings is 1. The minimum Gasteiger partial charge on any atom is -0.497 e. The minimum absolute atomic E-state index is 0.0497. The summed E-state index contributed by atoms with van der Waals surface area (Å²) in [6, 6.07) is 3.01. The lowest BCUT2D eigenvalue weighted by atomic mass is 10.0. The maximum absolute atomic E-state index is 14.0. The van der Waals surface area contributed by atoms with E-state index in [1.165, 1.54) is 19.2 Å². The van der Waals surface area contributed by atoms with Crippen LogP contribution in [-0.4, -0.2) is 47.7 Å². The van der Waals surface area contributed by atoms with Crippen LogP contribution < -0.4 is 20.3 Å². The monoisotopic (exact) mass is 467 g/mol. The van der Waals surface area contributed by atoms with Gasteiger partial charge < -0.3 is 20.3 Å². The second-order valence-corrected chi connectivity index (χ2v) is 7.55. The zero-order valence-corrected chi connectivity index (χ0v) is 18.1. The van der Waals surface area contributed by atoms with E-state index in [1.54, 1.807) is 12.1 Å². The van der Waals surface area contributed by atoms with Gasteiger partial charge in [-0.25, -0.2) is 4.68 Å². The summed E-state index contributed by atoms with van der Waals surface area (Å²) in [6.45, 7) is -3.09. The topological polar surface area (TPSA) is 111 Å². The van der Waals surface area contributed by atoms with Gasteiger partial charge in [-0.1, -0.05) is 0 Å². The molecule has 3 amide bonds. The second-order valence-electron chi connectivity index (χ2n) is 7.55. The predicted octanol–water partition coefficient (Wildman–Crippen LogP) is 2.70. The molecule has 9 nitrogen and oxygen atoms in total. The van der Waals surface area contributed by atoms with Gasteiger partial charge >= 0.3 is 0 Å². The van der Waals surface area contributed by atoms with Crippen molar-refractivity contribution >= 4 is 29.1 Å². The van der Waals surface area contributed by atoms with Gasteiger partial charge in [0, 0.05) is 41.9 Å². The molecule has 1 aromatic heterocycles. The number of ether oxygens (including phenoxy) is 1. The molecule has 1 fully saturated rings. The molecule has 1 saturated heterocycles. The smallest absolute Gasteiger partial charge is 0.277 e. The molecule has 2 aromatic carbocycles.